The van der Waals surface area contributed by atoms with Gasteiger partial charge in [-0.05, 0) is 18.2 Å². The molecule has 0 saturated carbocycles. The first-order valence-corrected chi connectivity index (χ1v) is 5.96. The highest BCUT2D eigenvalue weighted by atomic mass is 35.5. The standard InChI is InChI=1S/C12H8Cl3NO/c13-8-3-10(14)12(11(15)4-8)7-1-2-9(6-17)16-5-7/h1-5,17H,6H2. The van der Waals surface area contributed by atoms with Crippen molar-refractivity contribution in [3.8, 4) is 11.1 Å². The Labute approximate surface area is 114 Å². The van der Waals surface area contributed by atoms with E-state index in [2.05, 4.69) is 4.98 Å². The predicted molar refractivity (Wildman–Crippen MR) is 70.6 cm³/mol. The number of hydrogen-bond donors (Lipinski definition) is 1. The number of rotatable bonds is 2. The van der Waals surface area contributed by atoms with Crippen molar-refractivity contribution in [2.24, 2.45) is 0 Å². The number of halogens is 3. The van der Waals surface area contributed by atoms with E-state index in [0.29, 0.717) is 26.3 Å². The Morgan fingerprint density at radius 3 is 2.18 bits per heavy atom. The predicted octanol–water partition coefficient (Wildman–Crippen LogP) is 4.20. The minimum Gasteiger partial charge on any atom is -0.390 e. The summed E-state index contributed by atoms with van der Waals surface area (Å²) in [4.78, 5) is 4.08. The molecule has 0 spiro atoms. The molecule has 1 heterocycles. The van der Waals surface area contributed by atoms with E-state index < -0.39 is 0 Å². The molecule has 1 N–H and O–H groups in total. The van der Waals surface area contributed by atoms with Gasteiger partial charge in [0.1, 0.15) is 0 Å². The van der Waals surface area contributed by atoms with Crippen LogP contribution in [0.2, 0.25) is 15.1 Å². The second kappa shape index (κ2) is 5.23. The van der Waals surface area contributed by atoms with E-state index in [1.54, 1.807) is 30.5 Å². The van der Waals surface area contributed by atoms with Crippen molar-refractivity contribution >= 4 is 34.8 Å². The molecule has 0 unspecified atom stereocenters. The van der Waals surface area contributed by atoms with Crippen LogP contribution in [0.4, 0.5) is 0 Å². The van der Waals surface area contributed by atoms with Crippen LogP contribution in [0, 0.1) is 0 Å². The van der Waals surface area contributed by atoms with Crippen LogP contribution in [0.25, 0.3) is 11.1 Å². The SMILES string of the molecule is OCc1ccc(-c2c(Cl)cc(Cl)cc2Cl)cn1. The Hall–Kier alpha value is -0.800. The fourth-order valence-corrected chi connectivity index (χ4v) is 2.52. The van der Waals surface area contributed by atoms with Gasteiger partial charge in [0.05, 0.1) is 22.3 Å². The van der Waals surface area contributed by atoms with Gasteiger partial charge in [-0.2, -0.15) is 0 Å². The molecule has 0 saturated heterocycles. The van der Waals surface area contributed by atoms with Crippen molar-refractivity contribution in [3.63, 3.8) is 0 Å². The second-order valence-corrected chi connectivity index (χ2v) is 4.69. The molecule has 1 aromatic carbocycles. The quantitative estimate of drug-likeness (QED) is 0.898. The first-order chi connectivity index (χ1) is 8.11. The first-order valence-electron chi connectivity index (χ1n) is 4.82. The molecule has 0 atom stereocenters. The molecule has 0 bridgehead atoms. The Morgan fingerprint density at radius 2 is 1.71 bits per heavy atom. The lowest BCUT2D eigenvalue weighted by Gasteiger charge is -2.08. The van der Waals surface area contributed by atoms with Crippen LogP contribution < -0.4 is 0 Å². The number of aromatic nitrogens is 1. The van der Waals surface area contributed by atoms with Crippen LogP contribution in [0.15, 0.2) is 30.5 Å². The van der Waals surface area contributed by atoms with Gasteiger partial charge < -0.3 is 5.11 Å². The van der Waals surface area contributed by atoms with E-state index in [-0.39, 0.29) is 6.61 Å². The third-order valence-electron chi connectivity index (χ3n) is 2.28. The monoisotopic (exact) mass is 287 g/mol. The summed E-state index contributed by atoms with van der Waals surface area (Å²) in [5.74, 6) is 0. The van der Waals surface area contributed by atoms with Gasteiger partial charge in [-0.1, -0.05) is 40.9 Å². The van der Waals surface area contributed by atoms with Gasteiger partial charge in [0.15, 0.2) is 0 Å². The summed E-state index contributed by atoms with van der Waals surface area (Å²) in [5, 5.41) is 10.3. The zero-order valence-electron chi connectivity index (χ0n) is 8.62. The molecule has 2 nitrogen and oxygen atoms in total. The van der Waals surface area contributed by atoms with Gasteiger partial charge in [-0.25, -0.2) is 0 Å². The lowest BCUT2D eigenvalue weighted by molar-refractivity contribution is 0.277. The van der Waals surface area contributed by atoms with Crippen molar-refractivity contribution < 1.29 is 5.11 Å². The van der Waals surface area contributed by atoms with Gasteiger partial charge in [0.2, 0.25) is 0 Å². The number of nitrogens with zero attached hydrogens (tertiary/aromatic N) is 1. The minimum atomic E-state index is -0.0949. The first kappa shape index (κ1) is 12.7. The fourth-order valence-electron chi connectivity index (χ4n) is 1.48. The highest BCUT2D eigenvalue weighted by Gasteiger charge is 2.10. The van der Waals surface area contributed by atoms with E-state index in [4.69, 9.17) is 39.9 Å². The van der Waals surface area contributed by atoms with Crippen LogP contribution in [-0.4, -0.2) is 10.1 Å². The average Bonchev–Trinajstić information content (AvgIpc) is 2.28. The molecule has 5 heteroatoms. The zero-order chi connectivity index (χ0) is 12.4. The van der Waals surface area contributed by atoms with Crippen LogP contribution in [0.5, 0.6) is 0 Å². The molecule has 88 valence electrons. The normalized spacial score (nSPS) is 10.6. The van der Waals surface area contributed by atoms with Crippen molar-refractivity contribution in [1.29, 1.82) is 0 Å². The van der Waals surface area contributed by atoms with Crippen molar-refractivity contribution in [2.75, 3.05) is 0 Å². The molecular formula is C12H8Cl3NO. The summed E-state index contributed by atoms with van der Waals surface area (Å²) in [6, 6.07) is 6.78. The Kier molecular flexibility index (Phi) is 3.89. The summed E-state index contributed by atoms with van der Waals surface area (Å²) in [6.07, 6.45) is 1.62. The van der Waals surface area contributed by atoms with Crippen LogP contribution in [0.1, 0.15) is 5.69 Å². The highest BCUT2D eigenvalue weighted by Crippen LogP contribution is 2.36. The summed E-state index contributed by atoms with van der Waals surface area (Å²) in [5.41, 5.74) is 2.07. The molecule has 0 fully saturated rings. The molecule has 2 rings (SSSR count). The van der Waals surface area contributed by atoms with Gasteiger partial charge >= 0.3 is 0 Å². The van der Waals surface area contributed by atoms with Gasteiger partial charge in [-0.3, -0.25) is 4.98 Å². The molecule has 17 heavy (non-hydrogen) atoms. The smallest absolute Gasteiger partial charge is 0.0852 e. The zero-order valence-corrected chi connectivity index (χ0v) is 10.9. The highest BCUT2D eigenvalue weighted by molar-refractivity contribution is 6.41. The fraction of sp³-hybridized carbons (Fsp3) is 0.0833. The molecule has 0 aliphatic heterocycles. The number of pyridine rings is 1. The maximum atomic E-state index is 8.91. The Bertz CT molecular complexity index is 517. The van der Waals surface area contributed by atoms with E-state index in [9.17, 15) is 0 Å². The van der Waals surface area contributed by atoms with Gasteiger partial charge in [0, 0.05) is 22.3 Å². The lowest BCUT2D eigenvalue weighted by Crippen LogP contribution is -1.89. The summed E-state index contributed by atoms with van der Waals surface area (Å²) in [6.45, 7) is -0.0949. The molecule has 1 aromatic heterocycles. The molecule has 0 radical (unpaired) electrons. The number of aliphatic hydroxyl groups is 1. The van der Waals surface area contributed by atoms with E-state index >= 15 is 0 Å². The van der Waals surface area contributed by atoms with Crippen molar-refractivity contribution in [2.45, 2.75) is 6.61 Å². The topological polar surface area (TPSA) is 33.1 Å². The summed E-state index contributed by atoms with van der Waals surface area (Å²) < 4.78 is 0. The largest absolute Gasteiger partial charge is 0.390 e. The average molecular weight is 289 g/mol. The second-order valence-electron chi connectivity index (χ2n) is 3.44. The number of benzene rings is 1. The third kappa shape index (κ3) is 2.72. The minimum absolute atomic E-state index is 0.0949. The molecule has 2 aromatic rings. The molecular weight excluding hydrogens is 280 g/mol. The molecule has 0 aliphatic rings. The Balaban J connectivity index is 2.52. The maximum Gasteiger partial charge on any atom is 0.0852 e. The maximum absolute atomic E-state index is 8.91. The summed E-state index contributed by atoms with van der Waals surface area (Å²) >= 11 is 18.0. The number of aliphatic hydroxyl groups excluding tert-OH is 1. The number of hydrogen-bond acceptors (Lipinski definition) is 2. The van der Waals surface area contributed by atoms with Gasteiger partial charge in [0.25, 0.3) is 0 Å². The van der Waals surface area contributed by atoms with E-state index in [0.717, 1.165) is 5.56 Å². The lowest BCUT2D eigenvalue weighted by atomic mass is 10.1. The van der Waals surface area contributed by atoms with Gasteiger partial charge in [-0.15, -0.1) is 0 Å². The van der Waals surface area contributed by atoms with Crippen LogP contribution in [-0.2, 0) is 6.61 Å². The van der Waals surface area contributed by atoms with E-state index in [1.165, 1.54) is 0 Å². The Morgan fingerprint density at radius 1 is 1.06 bits per heavy atom. The van der Waals surface area contributed by atoms with Crippen LogP contribution in [0.3, 0.4) is 0 Å². The molecule has 0 aliphatic carbocycles. The van der Waals surface area contributed by atoms with E-state index in [1.807, 2.05) is 0 Å². The summed E-state index contributed by atoms with van der Waals surface area (Å²) in [7, 11) is 0. The van der Waals surface area contributed by atoms with Crippen molar-refractivity contribution in [3.05, 3.63) is 51.2 Å². The molecule has 0 amide bonds. The van der Waals surface area contributed by atoms with Crippen LogP contribution >= 0.6 is 34.8 Å². The third-order valence-corrected chi connectivity index (χ3v) is 3.10. The van der Waals surface area contributed by atoms with Crippen molar-refractivity contribution in [1.82, 2.24) is 4.98 Å².